The Morgan fingerprint density at radius 1 is 1.33 bits per heavy atom. The number of hydrogen-bond donors (Lipinski definition) is 2. The highest BCUT2D eigenvalue weighted by molar-refractivity contribution is 7.10. The molecule has 1 heterocycles. The molecule has 2 rings (SSSR count). The van der Waals surface area contributed by atoms with E-state index in [1.807, 2.05) is 41.8 Å². The lowest BCUT2D eigenvalue weighted by atomic mass is 10.1. The van der Waals surface area contributed by atoms with Crippen molar-refractivity contribution < 1.29 is 5.11 Å². The van der Waals surface area contributed by atoms with Crippen molar-refractivity contribution in [2.75, 3.05) is 6.61 Å². The van der Waals surface area contributed by atoms with Crippen molar-refractivity contribution in [1.29, 1.82) is 5.26 Å². The van der Waals surface area contributed by atoms with E-state index in [4.69, 9.17) is 5.26 Å². The summed E-state index contributed by atoms with van der Waals surface area (Å²) in [6.45, 7) is 0.715. The Labute approximate surface area is 110 Å². The summed E-state index contributed by atoms with van der Waals surface area (Å²) >= 11 is 1.56. The normalized spacial score (nSPS) is 12.0. The maximum absolute atomic E-state index is 9.40. The SMILES string of the molecule is N#Cc1csc(CN[C@@H](CO)c2ccccc2)c1. The molecular weight excluding hydrogens is 244 g/mol. The minimum absolute atomic E-state index is 0.0560. The largest absolute Gasteiger partial charge is 0.394 e. The van der Waals surface area contributed by atoms with Crippen LogP contribution in [-0.4, -0.2) is 11.7 Å². The lowest BCUT2D eigenvalue weighted by Gasteiger charge is -2.15. The molecule has 1 aromatic heterocycles. The number of nitrogens with one attached hydrogen (secondary N) is 1. The summed E-state index contributed by atoms with van der Waals surface area (Å²) in [7, 11) is 0. The molecule has 0 aliphatic heterocycles. The van der Waals surface area contributed by atoms with Crippen LogP contribution < -0.4 is 5.32 Å². The van der Waals surface area contributed by atoms with Crippen LogP contribution in [0, 0.1) is 11.3 Å². The van der Waals surface area contributed by atoms with Gasteiger partial charge in [0.25, 0.3) is 0 Å². The van der Waals surface area contributed by atoms with Gasteiger partial charge in [-0.1, -0.05) is 30.3 Å². The topological polar surface area (TPSA) is 56.0 Å². The molecule has 18 heavy (non-hydrogen) atoms. The average molecular weight is 258 g/mol. The maximum atomic E-state index is 9.40. The molecule has 2 N–H and O–H groups in total. The van der Waals surface area contributed by atoms with Crippen LogP contribution in [0.5, 0.6) is 0 Å². The Balaban J connectivity index is 1.98. The first kappa shape index (κ1) is 12.8. The van der Waals surface area contributed by atoms with Gasteiger partial charge in [-0.2, -0.15) is 5.26 Å². The van der Waals surface area contributed by atoms with Crippen LogP contribution in [0.3, 0.4) is 0 Å². The van der Waals surface area contributed by atoms with Gasteiger partial charge in [0.15, 0.2) is 0 Å². The number of aliphatic hydroxyl groups is 1. The summed E-state index contributed by atoms with van der Waals surface area (Å²) in [5, 5.41) is 23.3. The van der Waals surface area contributed by atoms with Gasteiger partial charge in [0, 0.05) is 16.8 Å². The molecular formula is C14H14N2OS. The fourth-order valence-electron chi connectivity index (χ4n) is 1.73. The van der Waals surface area contributed by atoms with Gasteiger partial charge in [-0.3, -0.25) is 0 Å². The molecule has 0 fully saturated rings. The molecule has 0 amide bonds. The molecule has 0 saturated carbocycles. The van der Waals surface area contributed by atoms with E-state index in [2.05, 4.69) is 11.4 Å². The van der Waals surface area contributed by atoms with Crippen molar-refractivity contribution in [2.24, 2.45) is 0 Å². The van der Waals surface area contributed by atoms with Crippen LogP contribution in [-0.2, 0) is 6.54 Å². The van der Waals surface area contributed by atoms with Crippen molar-refractivity contribution in [1.82, 2.24) is 5.32 Å². The molecule has 0 radical (unpaired) electrons. The molecule has 2 aromatic rings. The highest BCUT2D eigenvalue weighted by Gasteiger charge is 2.09. The molecule has 0 aliphatic rings. The van der Waals surface area contributed by atoms with Gasteiger partial charge in [-0.25, -0.2) is 0 Å². The third kappa shape index (κ3) is 3.17. The second-order valence-electron chi connectivity index (χ2n) is 3.94. The minimum Gasteiger partial charge on any atom is -0.394 e. The lowest BCUT2D eigenvalue weighted by Crippen LogP contribution is -2.23. The van der Waals surface area contributed by atoms with E-state index in [1.54, 1.807) is 11.3 Å². The standard InChI is InChI=1S/C14H14N2OS/c15-7-11-6-13(18-10-11)8-16-14(9-17)12-4-2-1-3-5-12/h1-6,10,14,16-17H,8-9H2/t14-/m0/s1. The Kier molecular flexibility index (Phi) is 4.48. The first-order valence-corrected chi connectivity index (χ1v) is 6.58. The Morgan fingerprint density at radius 2 is 2.11 bits per heavy atom. The second-order valence-corrected chi connectivity index (χ2v) is 4.94. The third-order valence-corrected chi connectivity index (χ3v) is 3.63. The highest BCUT2D eigenvalue weighted by atomic mass is 32.1. The van der Waals surface area contributed by atoms with E-state index in [1.165, 1.54) is 0 Å². The number of nitriles is 1. The van der Waals surface area contributed by atoms with Gasteiger partial charge in [-0.05, 0) is 11.6 Å². The number of hydrogen-bond acceptors (Lipinski definition) is 4. The number of benzene rings is 1. The predicted molar refractivity (Wildman–Crippen MR) is 72.1 cm³/mol. The van der Waals surface area contributed by atoms with Gasteiger partial charge in [-0.15, -0.1) is 11.3 Å². The molecule has 0 unspecified atom stereocenters. The summed E-state index contributed by atoms with van der Waals surface area (Å²) in [6, 6.07) is 13.8. The van der Waals surface area contributed by atoms with Gasteiger partial charge in [0.2, 0.25) is 0 Å². The zero-order valence-corrected chi connectivity index (χ0v) is 10.7. The molecule has 1 atom stereocenters. The van der Waals surface area contributed by atoms with Crippen LogP contribution in [0.25, 0.3) is 0 Å². The Morgan fingerprint density at radius 3 is 2.72 bits per heavy atom. The highest BCUT2D eigenvalue weighted by Crippen LogP contribution is 2.16. The second kappa shape index (κ2) is 6.31. The monoisotopic (exact) mass is 258 g/mol. The Bertz CT molecular complexity index is 530. The van der Waals surface area contributed by atoms with Gasteiger partial charge in [0.1, 0.15) is 6.07 Å². The molecule has 4 heteroatoms. The minimum atomic E-state index is -0.0705. The van der Waals surface area contributed by atoms with Gasteiger partial charge in [0.05, 0.1) is 18.2 Å². The first-order chi connectivity index (χ1) is 8.83. The van der Waals surface area contributed by atoms with E-state index < -0.39 is 0 Å². The molecule has 0 bridgehead atoms. The van der Waals surface area contributed by atoms with E-state index in [0.29, 0.717) is 12.1 Å². The molecule has 3 nitrogen and oxygen atoms in total. The maximum Gasteiger partial charge on any atom is 0.100 e. The third-order valence-electron chi connectivity index (χ3n) is 2.69. The van der Waals surface area contributed by atoms with Gasteiger partial charge >= 0.3 is 0 Å². The molecule has 92 valence electrons. The van der Waals surface area contributed by atoms with Crippen molar-refractivity contribution in [2.45, 2.75) is 12.6 Å². The van der Waals surface area contributed by atoms with Crippen molar-refractivity contribution in [3.63, 3.8) is 0 Å². The van der Waals surface area contributed by atoms with E-state index in [-0.39, 0.29) is 12.6 Å². The van der Waals surface area contributed by atoms with Crippen molar-refractivity contribution in [3.8, 4) is 6.07 Å². The predicted octanol–water partition coefficient (Wildman–Crippen LogP) is 2.44. The van der Waals surface area contributed by atoms with Crippen LogP contribution in [0.2, 0.25) is 0 Å². The zero-order chi connectivity index (χ0) is 12.8. The molecule has 1 aromatic carbocycles. The van der Waals surface area contributed by atoms with Gasteiger partial charge < -0.3 is 10.4 Å². The summed E-state index contributed by atoms with van der Waals surface area (Å²) in [4.78, 5) is 1.10. The fourth-order valence-corrected chi connectivity index (χ4v) is 2.49. The smallest absolute Gasteiger partial charge is 0.100 e. The summed E-state index contributed by atoms with van der Waals surface area (Å²) in [5.41, 5.74) is 1.76. The summed E-state index contributed by atoms with van der Waals surface area (Å²) < 4.78 is 0. The average Bonchev–Trinajstić information content (AvgIpc) is 2.89. The molecule has 0 spiro atoms. The lowest BCUT2D eigenvalue weighted by molar-refractivity contribution is 0.244. The van der Waals surface area contributed by atoms with Crippen molar-refractivity contribution in [3.05, 3.63) is 57.8 Å². The summed E-state index contributed by atoms with van der Waals surface area (Å²) in [5.74, 6) is 0. The van der Waals surface area contributed by atoms with E-state index in [9.17, 15) is 5.11 Å². The van der Waals surface area contributed by atoms with E-state index >= 15 is 0 Å². The van der Waals surface area contributed by atoms with E-state index in [0.717, 1.165) is 10.4 Å². The number of nitrogens with zero attached hydrogens (tertiary/aromatic N) is 1. The fraction of sp³-hybridized carbons (Fsp3) is 0.214. The molecule has 0 aliphatic carbocycles. The number of rotatable bonds is 5. The summed E-state index contributed by atoms with van der Waals surface area (Å²) in [6.07, 6.45) is 0. The number of thiophene rings is 1. The van der Waals surface area contributed by atoms with Crippen LogP contribution in [0.1, 0.15) is 22.0 Å². The first-order valence-electron chi connectivity index (χ1n) is 5.70. The van der Waals surface area contributed by atoms with Crippen molar-refractivity contribution >= 4 is 11.3 Å². The molecule has 0 saturated heterocycles. The Hall–Kier alpha value is -1.67. The number of aliphatic hydroxyl groups excluding tert-OH is 1. The van der Waals surface area contributed by atoms with Crippen LogP contribution >= 0.6 is 11.3 Å². The van der Waals surface area contributed by atoms with Crippen LogP contribution in [0.4, 0.5) is 0 Å². The van der Waals surface area contributed by atoms with Crippen LogP contribution in [0.15, 0.2) is 41.8 Å². The quantitative estimate of drug-likeness (QED) is 0.866. The zero-order valence-electron chi connectivity index (χ0n) is 9.84.